The lowest BCUT2D eigenvalue weighted by Gasteiger charge is -2.45. The largest absolute Gasteiger partial charge is 0.0825 e. The first kappa shape index (κ1) is 15.7. The van der Waals surface area contributed by atoms with E-state index in [1.165, 1.54) is 12.1 Å². The highest BCUT2D eigenvalue weighted by Crippen LogP contribution is 2.36. The van der Waals surface area contributed by atoms with Crippen LogP contribution in [0.15, 0.2) is 30.3 Å². The Bertz CT molecular complexity index is 331. The normalized spacial score (nSPS) is 12.7. The molecular weight excluding hydrogens is 248 g/mol. The molecule has 0 fully saturated rings. The first-order chi connectivity index (χ1) is 8.51. The molecule has 1 radical (unpaired) electrons. The minimum absolute atomic E-state index is 0.233. The van der Waals surface area contributed by atoms with E-state index in [4.69, 9.17) is 0 Å². The van der Waals surface area contributed by atoms with Gasteiger partial charge in [0.25, 0.3) is 0 Å². The minimum Gasteiger partial charge on any atom is -0.0682 e. The van der Waals surface area contributed by atoms with Gasteiger partial charge in [0.15, 0.2) is 0 Å². The Morgan fingerprint density at radius 1 is 0.889 bits per heavy atom. The van der Waals surface area contributed by atoms with Crippen molar-refractivity contribution in [1.29, 1.82) is 0 Å². The molecule has 0 nitrogen and oxygen atoms in total. The van der Waals surface area contributed by atoms with Crippen molar-refractivity contribution in [2.24, 2.45) is 0 Å². The van der Waals surface area contributed by atoms with Gasteiger partial charge < -0.3 is 0 Å². The molecule has 0 unspecified atom stereocenters. The molecule has 0 aliphatic heterocycles. The molecule has 0 atom stereocenters. The molecule has 0 saturated heterocycles. The van der Waals surface area contributed by atoms with Gasteiger partial charge >= 0.3 is 0 Å². The Balaban J connectivity index is 3.40. The van der Waals surface area contributed by atoms with E-state index < -0.39 is 7.59 Å². The van der Waals surface area contributed by atoms with E-state index in [1.807, 2.05) is 0 Å². The van der Waals surface area contributed by atoms with Crippen molar-refractivity contribution in [3.05, 3.63) is 30.3 Å². The van der Waals surface area contributed by atoms with Gasteiger partial charge in [-0.1, -0.05) is 89.1 Å². The van der Waals surface area contributed by atoms with E-state index >= 15 is 0 Å². The Morgan fingerprint density at radius 2 is 1.33 bits per heavy atom. The fraction of sp³-hybridized carbons (Fsp3) is 0.625. The van der Waals surface area contributed by atoms with Gasteiger partial charge in [0.2, 0.25) is 0 Å². The summed E-state index contributed by atoms with van der Waals surface area (Å²) in [6, 6.07) is 14.3. The van der Waals surface area contributed by atoms with Crippen LogP contribution in [-0.2, 0) is 0 Å². The highest BCUT2D eigenvalue weighted by Gasteiger charge is 2.46. The molecule has 0 spiro atoms. The summed E-state index contributed by atoms with van der Waals surface area (Å²) in [5.74, 6) is 0. The van der Waals surface area contributed by atoms with Crippen LogP contribution in [0.25, 0.3) is 0 Å². The highest BCUT2D eigenvalue weighted by molar-refractivity contribution is 7.39. The number of rotatable bonds is 6. The zero-order valence-corrected chi connectivity index (χ0v) is 15.0. The average molecular weight is 278 g/mol. The molecule has 0 heterocycles. The molecule has 0 aliphatic carbocycles. The minimum atomic E-state index is -1.35. The van der Waals surface area contributed by atoms with Gasteiger partial charge in [-0.05, 0) is 11.1 Å². The van der Waals surface area contributed by atoms with Gasteiger partial charge in [0.05, 0.1) is 7.59 Å². The fourth-order valence-electron chi connectivity index (χ4n) is 3.90. The maximum absolute atomic E-state index is 2.48. The van der Waals surface area contributed by atoms with Crippen molar-refractivity contribution in [1.82, 2.24) is 0 Å². The first-order valence-corrected chi connectivity index (χ1v) is 12.5. The highest BCUT2D eigenvalue weighted by atomic mass is 29.2. The van der Waals surface area contributed by atoms with Crippen LogP contribution in [0.3, 0.4) is 0 Å². The van der Waals surface area contributed by atoms with Crippen LogP contribution in [0.1, 0.15) is 41.5 Å². The summed E-state index contributed by atoms with van der Waals surface area (Å²) in [7, 11) is -1.59. The van der Waals surface area contributed by atoms with E-state index in [0.29, 0.717) is 0 Å². The van der Waals surface area contributed by atoms with Crippen LogP contribution >= 0.6 is 0 Å². The lowest BCUT2D eigenvalue weighted by molar-refractivity contribution is 0.932. The van der Waals surface area contributed by atoms with Crippen molar-refractivity contribution in [3.8, 4) is 0 Å². The zero-order chi connectivity index (χ0) is 13.8. The van der Waals surface area contributed by atoms with Crippen molar-refractivity contribution >= 4 is 21.1 Å². The maximum Gasteiger partial charge on any atom is 0.0825 e. The third-order valence-corrected chi connectivity index (χ3v) is 22.3. The fourth-order valence-corrected chi connectivity index (χ4v) is 21.2. The summed E-state index contributed by atoms with van der Waals surface area (Å²) in [5, 5.41) is 1.72. The van der Waals surface area contributed by atoms with Crippen LogP contribution < -0.4 is 5.19 Å². The van der Waals surface area contributed by atoms with Crippen molar-refractivity contribution in [3.63, 3.8) is 0 Å². The second kappa shape index (κ2) is 6.71. The number of hydrogen-bond acceptors (Lipinski definition) is 0. The third kappa shape index (κ3) is 2.64. The van der Waals surface area contributed by atoms with E-state index in [2.05, 4.69) is 71.9 Å². The molecule has 1 aromatic rings. The summed E-state index contributed by atoms with van der Waals surface area (Å²) in [6.45, 7) is 14.8. The van der Waals surface area contributed by atoms with E-state index in [-0.39, 0.29) is 8.31 Å². The van der Waals surface area contributed by atoms with Crippen molar-refractivity contribution in [2.45, 2.75) is 64.7 Å². The molecule has 1 rings (SSSR count). The Morgan fingerprint density at radius 3 is 1.67 bits per heavy atom. The Labute approximate surface area is 116 Å². The van der Waals surface area contributed by atoms with Gasteiger partial charge in [-0.2, -0.15) is 0 Å². The second-order valence-corrected chi connectivity index (χ2v) is 17.7. The van der Waals surface area contributed by atoms with Crippen LogP contribution in [0, 0.1) is 0 Å². The first-order valence-electron chi connectivity index (χ1n) is 7.42. The second-order valence-electron chi connectivity index (χ2n) is 5.86. The Kier molecular flexibility index (Phi) is 5.86. The summed E-state index contributed by atoms with van der Waals surface area (Å²) in [4.78, 5) is 0. The predicted octanol–water partition coefficient (Wildman–Crippen LogP) is 4.78. The molecule has 2 heteroatoms. The van der Waals surface area contributed by atoms with Gasteiger partial charge in [0, 0.05) is 8.31 Å². The quantitative estimate of drug-likeness (QED) is 0.657. The third-order valence-electron chi connectivity index (χ3n) is 4.51. The zero-order valence-electron chi connectivity index (χ0n) is 13.0. The van der Waals surface area contributed by atoms with Crippen LogP contribution in [0.4, 0.5) is 0 Å². The van der Waals surface area contributed by atoms with Crippen LogP contribution in [0.5, 0.6) is 0 Å². The Hall–Kier alpha value is -0.346. The molecule has 0 aliphatic rings. The molecule has 18 heavy (non-hydrogen) atoms. The molecule has 0 N–H and O–H groups in total. The lowest BCUT2D eigenvalue weighted by Crippen LogP contribution is -2.64. The van der Waals surface area contributed by atoms with E-state index in [9.17, 15) is 0 Å². The molecule has 0 saturated carbocycles. The van der Waals surface area contributed by atoms with E-state index in [1.54, 1.807) is 5.19 Å². The average Bonchev–Trinajstić information content (AvgIpc) is 2.35. The van der Waals surface area contributed by atoms with Gasteiger partial charge in [-0.25, -0.2) is 0 Å². The summed E-state index contributed by atoms with van der Waals surface area (Å²) in [5.41, 5.74) is 1.71. The molecule has 0 aromatic heterocycles. The summed E-state index contributed by atoms with van der Waals surface area (Å²) < 4.78 is 0. The molecular formula is C16H29Si2. The molecule has 0 bridgehead atoms. The maximum atomic E-state index is 2.48. The number of benzene rings is 1. The van der Waals surface area contributed by atoms with Crippen molar-refractivity contribution in [2.75, 3.05) is 0 Å². The predicted molar refractivity (Wildman–Crippen MR) is 88.7 cm³/mol. The standard InChI is InChI=1S/C16H29Si2/c1-7-17(8-2)18(14(3)4,15(5)6)16-12-10-9-11-13-16/h9-15H,7-8H2,1-6H3. The van der Waals surface area contributed by atoms with E-state index in [0.717, 1.165) is 11.1 Å². The monoisotopic (exact) mass is 277 g/mol. The van der Waals surface area contributed by atoms with Crippen LogP contribution in [0.2, 0.25) is 23.2 Å². The topological polar surface area (TPSA) is 0 Å². The summed E-state index contributed by atoms with van der Waals surface area (Å²) >= 11 is 0. The SMILES string of the molecule is CC[Si](CC)[Si](c1ccccc1)(C(C)C)C(C)C. The number of hydrogen-bond donors (Lipinski definition) is 0. The molecule has 101 valence electrons. The van der Waals surface area contributed by atoms with Crippen LogP contribution in [-0.4, -0.2) is 15.9 Å². The molecule has 0 amide bonds. The molecule has 1 aromatic carbocycles. The lowest BCUT2D eigenvalue weighted by atomic mass is 10.4. The van der Waals surface area contributed by atoms with Gasteiger partial charge in [0.1, 0.15) is 0 Å². The summed E-state index contributed by atoms with van der Waals surface area (Å²) in [6.07, 6.45) is 0. The smallest absolute Gasteiger partial charge is 0.0682 e. The van der Waals surface area contributed by atoms with Crippen molar-refractivity contribution < 1.29 is 0 Å². The van der Waals surface area contributed by atoms with Gasteiger partial charge in [-0.3, -0.25) is 0 Å². The van der Waals surface area contributed by atoms with Gasteiger partial charge in [-0.15, -0.1) is 0 Å².